The zero-order chi connectivity index (χ0) is 18.8. The van der Waals surface area contributed by atoms with Gasteiger partial charge in [-0.25, -0.2) is 0 Å². The predicted octanol–water partition coefficient (Wildman–Crippen LogP) is 3.30. The molecule has 26 heavy (non-hydrogen) atoms. The number of rotatable bonds is 4. The van der Waals surface area contributed by atoms with Crippen molar-refractivity contribution in [3.05, 3.63) is 35.7 Å². The summed E-state index contributed by atoms with van der Waals surface area (Å²) in [5, 5.41) is 6.21. The van der Waals surface area contributed by atoms with E-state index < -0.39 is 12.1 Å². The SMILES string of the molecule is CC1(CNC(=O)c2cccc(-c3noc(C(F)(F)F)n3)c2)CCOCC1. The van der Waals surface area contributed by atoms with Gasteiger partial charge in [0.15, 0.2) is 0 Å². The monoisotopic (exact) mass is 369 g/mol. The first-order chi connectivity index (χ1) is 12.3. The number of hydrogen-bond donors (Lipinski definition) is 1. The van der Waals surface area contributed by atoms with Gasteiger partial charge in [0.05, 0.1) is 0 Å². The first-order valence-electron chi connectivity index (χ1n) is 8.14. The summed E-state index contributed by atoms with van der Waals surface area (Å²) in [6.45, 7) is 3.92. The van der Waals surface area contributed by atoms with Crippen molar-refractivity contribution in [2.45, 2.75) is 25.9 Å². The fourth-order valence-electron chi connectivity index (χ4n) is 2.69. The average molecular weight is 369 g/mol. The van der Waals surface area contributed by atoms with E-state index in [0.717, 1.165) is 12.8 Å². The van der Waals surface area contributed by atoms with E-state index in [1.165, 1.54) is 12.1 Å². The molecule has 1 aromatic carbocycles. The van der Waals surface area contributed by atoms with Crippen molar-refractivity contribution in [2.75, 3.05) is 19.8 Å². The molecule has 1 aliphatic rings. The van der Waals surface area contributed by atoms with Gasteiger partial charge in [-0.2, -0.15) is 18.2 Å². The Hall–Kier alpha value is -2.42. The molecule has 0 atom stereocenters. The third-order valence-electron chi connectivity index (χ3n) is 4.43. The van der Waals surface area contributed by atoms with Gasteiger partial charge in [-0.3, -0.25) is 4.79 Å². The van der Waals surface area contributed by atoms with Crippen LogP contribution in [0.1, 0.15) is 36.0 Å². The molecular weight excluding hydrogens is 351 g/mol. The Morgan fingerprint density at radius 3 is 2.69 bits per heavy atom. The Labute approximate surface area is 147 Å². The van der Waals surface area contributed by atoms with Gasteiger partial charge >= 0.3 is 12.1 Å². The number of ether oxygens (including phenoxy) is 1. The first kappa shape index (κ1) is 18.4. The van der Waals surface area contributed by atoms with E-state index in [0.29, 0.717) is 25.3 Å². The quantitative estimate of drug-likeness (QED) is 0.895. The molecule has 1 amide bonds. The molecule has 1 saturated heterocycles. The summed E-state index contributed by atoms with van der Waals surface area (Å²) < 4.78 is 47.3. The van der Waals surface area contributed by atoms with E-state index in [9.17, 15) is 18.0 Å². The Morgan fingerprint density at radius 2 is 2.04 bits per heavy atom. The van der Waals surface area contributed by atoms with E-state index in [2.05, 4.69) is 26.9 Å². The van der Waals surface area contributed by atoms with Gasteiger partial charge in [-0.1, -0.05) is 24.2 Å². The highest BCUT2D eigenvalue weighted by atomic mass is 19.4. The molecule has 9 heteroatoms. The first-order valence-corrected chi connectivity index (χ1v) is 8.14. The van der Waals surface area contributed by atoms with Crippen molar-refractivity contribution in [1.82, 2.24) is 15.5 Å². The summed E-state index contributed by atoms with van der Waals surface area (Å²) in [5.41, 5.74) is 0.562. The van der Waals surface area contributed by atoms with E-state index in [-0.39, 0.29) is 22.7 Å². The van der Waals surface area contributed by atoms with Crippen LogP contribution in [0, 0.1) is 5.41 Å². The molecule has 1 N–H and O–H groups in total. The van der Waals surface area contributed by atoms with Gasteiger partial charge in [0, 0.05) is 30.9 Å². The Balaban J connectivity index is 1.70. The van der Waals surface area contributed by atoms with Gasteiger partial charge in [0.1, 0.15) is 0 Å². The van der Waals surface area contributed by atoms with Crippen molar-refractivity contribution in [2.24, 2.45) is 5.41 Å². The molecule has 0 aliphatic carbocycles. The van der Waals surface area contributed by atoms with E-state index in [4.69, 9.17) is 4.74 Å². The van der Waals surface area contributed by atoms with Crippen molar-refractivity contribution >= 4 is 5.91 Å². The number of amides is 1. The lowest BCUT2D eigenvalue weighted by atomic mass is 9.82. The van der Waals surface area contributed by atoms with Crippen LogP contribution in [0.4, 0.5) is 13.2 Å². The number of benzene rings is 1. The minimum absolute atomic E-state index is 0.0270. The fraction of sp³-hybridized carbons (Fsp3) is 0.471. The molecule has 1 fully saturated rings. The topological polar surface area (TPSA) is 77.3 Å². The predicted molar refractivity (Wildman–Crippen MR) is 85.2 cm³/mol. The number of alkyl halides is 3. The Bertz CT molecular complexity index is 783. The molecule has 2 heterocycles. The largest absolute Gasteiger partial charge is 0.471 e. The smallest absolute Gasteiger partial charge is 0.381 e. The number of nitrogens with one attached hydrogen (secondary N) is 1. The van der Waals surface area contributed by atoms with Gasteiger partial charge < -0.3 is 14.6 Å². The molecule has 0 unspecified atom stereocenters. The van der Waals surface area contributed by atoms with Gasteiger partial charge in [0.2, 0.25) is 5.82 Å². The Kier molecular flexibility index (Phi) is 4.99. The zero-order valence-corrected chi connectivity index (χ0v) is 14.1. The summed E-state index contributed by atoms with van der Waals surface area (Å²) in [4.78, 5) is 15.7. The molecule has 0 saturated carbocycles. The van der Waals surface area contributed by atoms with E-state index in [1.54, 1.807) is 12.1 Å². The zero-order valence-electron chi connectivity index (χ0n) is 14.1. The van der Waals surface area contributed by atoms with Crippen molar-refractivity contribution in [1.29, 1.82) is 0 Å². The van der Waals surface area contributed by atoms with Crippen LogP contribution >= 0.6 is 0 Å². The highest BCUT2D eigenvalue weighted by Gasteiger charge is 2.38. The number of carbonyl (C=O) groups excluding carboxylic acids is 1. The highest BCUT2D eigenvalue weighted by molar-refractivity contribution is 5.95. The van der Waals surface area contributed by atoms with E-state index >= 15 is 0 Å². The normalized spacial score (nSPS) is 17.1. The summed E-state index contributed by atoms with van der Waals surface area (Å²) in [5.74, 6) is -1.95. The molecule has 6 nitrogen and oxygen atoms in total. The second-order valence-electron chi connectivity index (χ2n) is 6.61. The third-order valence-corrected chi connectivity index (χ3v) is 4.43. The van der Waals surface area contributed by atoms with Crippen molar-refractivity contribution in [3.8, 4) is 11.4 Å². The fourth-order valence-corrected chi connectivity index (χ4v) is 2.69. The van der Waals surface area contributed by atoms with Crippen LogP contribution in [-0.2, 0) is 10.9 Å². The molecule has 1 aromatic heterocycles. The number of nitrogens with zero attached hydrogens (tertiary/aromatic N) is 2. The van der Waals surface area contributed by atoms with Crippen LogP contribution in [0.25, 0.3) is 11.4 Å². The molecule has 0 bridgehead atoms. The molecule has 3 rings (SSSR count). The lowest BCUT2D eigenvalue weighted by Gasteiger charge is -2.33. The maximum atomic E-state index is 12.6. The third kappa shape index (κ3) is 4.21. The number of carbonyl (C=O) groups is 1. The van der Waals surface area contributed by atoms with Gasteiger partial charge in [-0.15, -0.1) is 0 Å². The second kappa shape index (κ2) is 7.06. The lowest BCUT2D eigenvalue weighted by molar-refractivity contribution is -0.159. The molecule has 1 aliphatic heterocycles. The van der Waals surface area contributed by atoms with Crippen LogP contribution in [0.5, 0.6) is 0 Å². The Morgan fingerprint density at radius 1 is 1.31 bits per heavy atom. The average Bonchev–Trinajstić information content (AvgIpc) is 3.11. The van der Waals surface area contributed by atoms with Crippen LogP contribution in [0.2, 0.25) is 0 Å². The minimum Gasteiger partial charge on any atom is -0.381 e. The van der Waals surface area contributed by atoms with Crippen molar-refractivity contribution < 1.29 is 27.2 Å². The van der Waals surface area contributed by atoms with Crippen LogP contribution < -0.4 is 5.32 Å². The number of halogens is 3. The highest BCUT2D eigenvalue weighted by Crippen LogP contribution is 2.30. The van der Waals surface area contributed by atoms with Crippen LogP contribution in [0.3, 0.4) is 0 Å². The van der Waals surface area contributed by atoms with Crippen molar-refractivity contribution in [3.63, 3.8) is 0 Å². The maximum absolute atomic E-state index is 12.6. The molecule has 140 valence electrons. The van der Waals surface area contributed by atoms with E-state index in [1.807, 2.05) is 0 Å². The number of aromatic nitrogens is 2. The van der Waals surface area contributed by atoms with Gasteiger partial charge in [-0.05, 0) is 30.4 Å². The summed E-state index contributed by atoms with van der Waals surface area (Å²) in [7, 11) is 0. The van der Waals surface area contributed by atoms with Gasteiger partial charge in [0.25, 0.3) is 5.91 Å². The summed E-state index contributed by atoms with van der Waals surface area (Å²) in [6, 6.07) is 6.09. The maximum Gasteiger partial charge on any atom is 0.471 e. The summed E-state index contributed by atoms with van der Waals surface area (Å²) >= 11 is 0. The second-order valence-corrected chi connectivity index (χ2v) is 6.61. The minimum atomic E-state index is -4.71. The standard InChI is InChI=1S/C17H18F3N3O3/c1-16(5-7-25-8-6-16)10-21-14(24)12-4-2-3-11(9-12)13-22-15(26-23-13)17(18,19)20/h2-4,9H,5-8,10H2,1H3,(H,21,24). The lowest BCUT2D eigenvalue weighted by Crippen LogP contribution is -2.39. The molecular formula is C17H18F3N3O3. The summed E-state index contributed by atoms with van der Waals surface area (Å²) in [6.07, 6.45) is -2.99. The molecule has 0 radical (unpaired) electrons. The van der Waals surface area contributed by atoms with Crippen LogP contribution in [0.15, 0.2) is 28.8 Å². The van der Waals surface area contributed by atoms with Crippen LogP contribution in [-0.4, -0.2) is 35.8 Å². The number of hydrogen-bond acceptors (Lipinski definition) is 5. The molecule has 0 spiro atoms. The molecule has 2 aromatic rings.